The van der Waals surface area contributed by atoms with Crippen molar-refractivity contribution in [2.24, 2.45) is 11.3 Å². The van der Waals surface area contributed by atoms with Gasteiger partial charge in [0, 0.05) is 0 Å². The van der Waals surface area contributed by atoms with E-state index in [-0.39, 0.29) is 0 Å². The minimum Gasteiger partial charge on any atom is -0.319 e. The van der Waals surface area contributed by atoms with Crippen molar-refractivity contribution in [2.75, 3.05) is 13.6 Å². The van der Waals surface area contributed by atoms with Crippen molar-refractivity contribution in [3.8, 4) is 0 Å². The summed E-state index contributed by atoms with van der Waals surface area (Å²) in [5.74, 6) is 1.01. The van der Waals surface area contributed by atoms with Gasteiger partial charge in [-0.05, 0) is 50.6 Å². The van der Waals surface area contributed by atoms with Crippen molar-refractivity contribution < 1.29 is 0 Å². The van der Waals surface area contributed by atoms with Crippen LogP contribution in [0.25, 0.3) is 0 Å². The van der Waals surface area contributed by atoms with Crippen LogP contribution in [0.3, 0.4) is 0 Å². The van der Waals surface area contributed by atoms with Crippen molar-refractivity contribution in [1.29, 1.82) is 0 Å². The Bertz CT molecular complexity index is 128. The van der Waals surface area contributed by atoms with Gasteiger partial charge in [0.25, 0.3) is 0 Å². The van der Waals surface area contributed by atoms with Crippen LogP contribution in [-0.2, 0) is 0 Å². The van der Waals surface area contributed by atoms with E-state index in [0.29, 0.717) is 0 Å². The molecule has 0 radical (unpaired) electrons. The molecule has 2 aliphatic rings. The van der Waals surface area contributed by atoms with E-state index in [0.717, 1.165) is 11.3 Å². The van der Waals surface area contributed by atoms with E-state index < -0.39 is 0 Å². The van der Waals surface area contributed by atoms with Gasteiger partial charge in [-0.15, -0.1) is 0 Å². The molecule has 2 aliphatic carbocycles. The first kappa shape index (κ1) is 7.60. The summed E-state index contributed by atoms with van der Waals surface area (Å²) in [6, 6.07) is 0. The molecular formula is C10H19N. The molecule has 0 bridgehead atoms. The third-order valence-electron chi connectivity index (χ3n) is 3.60. The summed E-state index contributed by atoms with van der Waals surface area (Å²) >= 11 is 0. The SMILES string of the molecule is CNCC1CC2(CCCC2)C1. The van der Waals surface area contributed by atoms with Crippen LogP contribution in [-0.4, -0.2) is 13.6 Å². The van der Waals surface area contributed by atoms with Gasteiger partial charge in [-0.1, -0.05) is 12.8 Å². The first-order chi connectivity index (χ1) is 5.35. The standard InChI is InChI=1S/C10H19N/c1-11-8-9-6-10(7-9)4-2-3-5-10/h9,11H,2-8H2,1H3. The summed E-state index contributed by atoms with van der Waals surface area (Å²) in [6.45, 7) is 1.25. The lowest BCUT2D eigenvalue weighted by atomic mass is 9.61. The molecule has 1 N–H and O–H groups in total. The van der Waals surface area contributed by atoms with Gasteiger partial charge in [0.05, 0.1) is 0 Å². The molecule has 2 rings (SSSR count). The molecule has 0 unspecified atom stereocenters. The minimum absolute atomic E-state index is 0.849. The normalized spacial score (nSPS) is 29.2. The maximum Gasteiger partial charge on any atom is -0.00231 e. The van der Waals surface area contributed by atoms with Gasteiger partial charge >= 0.3 is 0 Å². The zero-order chi connectivity index (χ0) is 7.73. The fourth-order valence-electron chi connectivity index (χ4n) is 3.13. The Labute approximate surface area is 69.6 Å². The van der Waals surface area contributed by atoms with Crippen LogP contribution in [0.4, 0.5) is 0 Å². The zero-order valence-electron chi connectivity index (χ0n) is 7.53. The largest absolute Gasteiger partial charge is 0.319 e. The van der Waals surface area contributed by atoms with Crippen LogP contribution < -0.4 is 5.32 Å². The summed E-state index contributed by atoms with van der Waals surface area (Å²) in [7, 11) is 2.07. The predicted molar refractivity (Wildman–Crippen MR) is 47.6 cm³/mol. The molecule has 0 heterocycles. The lowest BCUT2D eigenvalue weighted by Crippen LogP contribution is -2.39. The molecule has 0 amide bonds. The number of rotatable bonds is 2. The summed E-state index contributed by atoms with van der Waals surface area (Å²) < 4.78 is 0. The Kier molecular flexibility index (Phi) is 1.92. The van der Waals surface area contributed by atoms with E-state index in [1.165, 1.54) is 45.1 Å². The Hall–Kier alpha value is -0.0400. The van der Waals surface area contributed by atoms with Gasteiger partial charge in [-0.25, -0.2) is 0 Å². The maximum absolute atomic E-state index is 3.28. The maximum atomic E-state index is 3.28. The highest BCUT2D eigenvalue weighted by Crippen LogP contribution is 2.55. The molecule has 0 aliphatic heterocycles. The third-order valence-corrected chi connectivity index (χ3v) is 3.60. The molecular weight excluding hydrogens is 134 g/mol. The lowest BCUT2D eigenvalue weighted by molar-refractivity contribution is 0.0634. The van der Waals surface area contributed by atoms with Gasteiger partial charge in [0.2, 0.25) is 0 Å². The first-order valence-corrected chi connectivity index (χ1v) is 4.99. The summed E-state index contributed by atoms with van der Waals surface area (Å²) in [5.41, 5.74) is 0.849. The van der Waals surface area contributed by atoms with Crippen LogP contribution in [0, 0.1) is 11.3 Å². The molecule has 1 heteroatoms. The zero-order valence-corrected chi connectivity index (χ0v) is 7.53. The summed E-state index contributed by atoms with van der Waals surface area (Å²) in [6.07, 6.45) is 9.13. The van der Waals surface area contributed by atoms with Crippen LogP contribution in [0.5, 0.6) is 0 Å². The second-order valence-corrected chi connectivity index (χ2v) is 4.54. The van der Waals surface area contributed by atoms with E-state index >= 15 is 0 Å². The molecule has 64 valence electrons. The van der Waals surface area contributed by atoms with Crippen molar-refractivity contribution in [3.63, 3.8) is 0 Å². The topological polar surface area (TPSA) is 12.0 Å². The van der Waals surface area contributed by atoms with E-state index in [4.69, 9.17) is 0 Å². The molecule has 0 aromatic heterocycles. The molecule has 2 saturated carbocycles. The van der Waals surface area contributed by atoms with Gasteiger partial charge in [-0.2, -0.15) is 0 Å². The van der Waals surface area contributed by atoms with Gasteiger partial charge in [0.15, 0.2) is 0 Å². The minimum atomic E-state index is 0.849. The highest BCUT2D eigenvalue weighted by molar-refractivity contribution is 4.96. The highest BCUT2D eigenvalue weighted by Gasteiger charge is 2.44. The van der Waals surface area contributed by atoms with Gasteiger partial charge in [-0.3, -0.25) is 0 Å². The predicted octanol–water partition coefficient (Wildman–Crippen LogP) is 2.18. The molecule has 11 heavy (non-hydrogen) atoms. The molecule has 0 aromatic carbocycles. The molecule has 1 nitrogen and oxygen atoms in total. The van der Waals surface area contributed by atoms with Crippen molar-refractivity contribution >= 4 is 0 Å². The number of hydrogen-bond acceptors (Lipinski definition) is 1. The van der Waals surface area contributed by atoms with Crippen molar-refractivity contribution in [2.45, 2.75) is 38.5 Å². The second-order valence-electron chi connectivity index (χ2n) is 4.54. The van der Waals surface area contributed by atoms with Crippen molar-refractivity contribution in [1.82, 2.24) is 5.32 Å². The average Bonchev–Trinajstić information content (AvgIpc) is 2.35. The Morgan fingerprint density at radius 2 is 1.91 bits per heavy atom. The smallest absolute Gasteiger partial charge is 0.00231 e. The van der Waals surface area contributed by atoms with Crippen molar-refractivity contribution in [3.05, 3.63) is 0 Å². The van der Waals surface area contributed by atoms with Gasteiger partial charge < -0.3 is 5.32 Å². The quantitative estimate of drug-likeness (QED) is 0.641. The van der Waals surface area contributed by atoms with E-state index in [1.807, 2.05) is 0 Å². The molecule has 2 fully saturated rings. The Morgan fingerprint density at radius 3 is 2.45 bits per heavy atom. The van der Waals surface area contributed by atoms with Crippen LogP contribution >= 0.6 is 0 Å². The monoisotopic (exact) mass is 153 g/mol. The first-order valence-electron chi connectivity index (χ1n) is 4.99. The molecule has 0 aromatic rings. The molecule has 1 spiro atoms. The summed E-state index contributed by atoms with van der Waals surface area (Å²) in [5, 5.41) is 3.28. The van der Waals surface area contributed by atoms with Gasteiger partial charge in [0.1, 0.15) is 0 Å². The second kappa shape index (κ2) is 2.78. The third kappa shape index (κ3) is 1.31. The van der Waals surface area contributed by atoms with Crippen LogP contribution in [0.15, 0.2) is 0 Å². The van der Waals surface area contributed by atoms with E-state index in [1.54, 1.807) is 0 Å². The Morgan fingerprint density at radius 1 is 1.27 bits per heavy atom. The lowest BCUT2D eigenvalue weighted by Gasteiger charge is -2.45. The average molecular weight is 153 g/mol. The molecule has 0 saturated heterocycles. The fourth-order valence-corrected chi connectivity index (χ4v) is 3.13. The van der Waals surface area contributed by atoms with Crippen LogP contribution in [0.2, 0.25) is 0 Å². The van der Waals surface area contributed by atoms with E-state index in [2.05, 4.69) is 12.4 Å². The fraction of sp³-hybridized carbons (Fsp3) is 1.00. The van der Waals surface area contributed by atoms with E-state index in [9.17, 15) is 0 Å². The Balaban J connectivity index is 1.77. The number of hydrogen-bond donors (Lipinski definition) is 1. The van der Waals surface area contributed by atoms with Crippen LogP contribution in [0.1, 0.15) is 38.5 Å². The summed E-state index contributed by atoms with van der Waals surface area (Å²) in [4.78, 5) is 0. The number of nitrogens with one attached hydrogen (secondary N) is 1. The molecule has 0 atom stereocenters. The highest BCUT2D eigenvalue weighted by atomic mass is 14.8.